The predicted molar refractivity (Wildman–Crippen MR) is 145 cm³/mol. The monoisotopic (exact) mass is 549 g/mol. The van der Waals surface area contributed by atoms with Gasteiger partial charge in [0.1, 0.15) is 0 Å². The molecule has 3 rings (SSSR count). The van der Waals surface area contributed by atoms with Gasteiger partial charge in [-0.1, -0.05) is 35.9 Å². The molecule has 0 saturated carbocycles. The summed E-state index contributed by atoms with van der Waals surface area (Å²) >= 11 is 6.05. The maximum atomic E-state index is 12.7. The molecule has 0 saturated heterocycles. The van der Waals surface area contributed by atoms with E-state index in [1.54, 1.807) is 37.3 Å². The Kier molecular flexibility index (Phi) is 8.65. The third-order valence-corrected chi connectivity index (χ3v) is 8.24. The molecule has 3 aromatic carbocycles. The lowest BCUT2D eigenvalue weighted by Gasteiger charge is -2.24. The van der Waals surface area contributed by atoms with Crippen LogP contribution in [-0.2, 0) is 24.8 Å². The van der Waals surface area contributed by atoms with Crippen molar-refractivity contribution in [3.05, 3.63) is 82.9 Å². The van der Waals surface area contributed by atoms with Crippen LogP contribution in [0.5, 0.6) is 0 Å². The van der Waals surface area contributed by atoms with Crippen LogP contribution in [0.3, 0.4) is 0 Å². The molecule has 2 N–H and O–H groups in total. The van der Waals surface area contributed by atoms with E-state index in [9.17, 15) is 21.6 Å². The number of amides is 1. The van der Waals surface area contributed by atoms with Gasteiger partial charge in [0.2, 0.25) is 15.9 Å². The minimum absolute atomic E-state index is 0.0597. The highest BCUT2D eigenvalue weighted by atomic mass is 35.5. The number of aryl methyl sites for hydroxylation is 2. The van der Waals surface area contributed by atoms with Crippen LogP contribution in [0.25, 0.3) is 0 Å². The van der Waals surface area contributed by atoms with Crippen molar-refractivity contribution in [2.45, 2.75) is 31.6 Å². The summed E-state index contributed by atoms with van der Waals surface area (Å²) in [5.74, 6) is -0.320. The minimum Gasteiger partial charge on any atom is -0.326 e. The lowest BCUT2D eigenvalue weighted by Crippen LogP contribution is -2.32. The molecule has 36 heavy (non-hydrogen) atoms. The molecule has 11 heteroatoms. The number of carbonyl (C=O) groups is 1. The number of sulfonamides is 2. The van der Waals surface area contributed by atoms with Crippen LogP contribution in [0.2, 0.25) is 5.02 Å². The summed E-state index contributed by atoms with van der Waals surface area (Å²) in [7, 11) is -7.36. The summed E-state index contributed by atoms with van der Waals surface area (Å²) in [4.78, 5) is 12.5. The molecule has 0 fully saturated rings. The zero-order valence-electron chi connectivity index (χ0n) is 20.2. The number of benzene rings is 3. The second kappa shape index (κ2) is 11.3. The molecule has 0 radical (unpaired) electrons. The molecular weight excluding hydrogens is 522 g/mol. The number of nitrogens with zero attached hydrogens (tertiary/aromatic N) is 1. The number of nitrogens with one attached hydrogen (secondary N) is 2. The lowest BCUT2D eigenvalue weighted by molar-refractivity contribution is -0.116. The van der Waals surface area contributed by atoms with Gasteiger partial charge in [-0.05, 0) is 73.9 Å². The van der Waals surface area contributed by atoms with Crippen molar-refractivity contribution >= 4 is 54.6 Å². The number of carbonyl (C=O) groups excluding carboxylic acids is 1. The van der Waals surface area contributed by atoms with Crippen molar-refractivity contribution in [1.82, 2.24) is 0 Å². The first kappa shape index (κ1) is 27.5. The highest BCUT2D eigenvalue weighted by molar-refractivity contribution is 7.92. The van der Waals surface area contributed by atoms with Gasteiger partial charge in [0.15, 0.2) is 0 Å². The Morgan fingerprint density at radius 1 is 0.917 bits per heavy atom. The van der Waals surface area contributed by atoms with Crippen molar-refractivity contribution in [3.8, 4) is 0 Å². The summed E-state index contributed by atoms with van der Waals surface area (Å²) in [5, 5.41) is 3.13. The molecule has 0 aliphatic rings. The van der Waals surface area contributed by atoms with Crippen LogP contribution in [0.15, 0.2) is 71.6 Å². The van der Waals surface area contributed by atoms with Gasteiger partial charge in [0, 0.05) is 23.7 Å². The van der Waals surface area contributed by atoms with Crippen LogP contribution in [0.1, 0.15) is 24.0 Å². The van der Waals surface area contributed by atoms with Crippen LogP contribution in [0.4, 0.5) is 17.1 Å². The summed E-state index contributed by atoms with van der Waals surface area (Å²) in [6.45, 7) is 3.70. The second-order valence-electron chi connectivity index (χ2n) is 8.36. The van der Waals surface area contributed by atoms with Crippen LogP contribution in [-0.4, -0.2) is 35.5 Å². The molecule has 1 amide bonds. The van der Waals surface area contributed by atoms with E-state index in [4.69, 9.17) is 11.6 Å². The molecule has 0 aromatic heterocycles. The van der Waals surface area contributed by atoms with E-state index in [0.717, 1.165) is 17.4 Å². The Morgan fingerprint density at radius 3 is 2.22 bits per heavy atom. The van der Waals surface area contributed by atoms with Gasteiger partial charge in [0.05, 0.1) is 22.5 Å². The van der Waals surface area contributed by atoms with Gasteiger partial charge in [-0.25, -0.2) is 16.8 Å². The van der Waals surface area contributed by atoms with Crippen molar-refractivity contribution in [3.63, 3.8) is 0 Å². The number of hydrogen-bond donors (Lipinski definition) is 2. The molecule has 0 unspecified atom stereocenters. The zero-order chi connectivity index (χ0) is 26.5. The Hall–Kier alpha value is -3.08. The predicted octanol–water partition coefficient (Wildman–Crippen LogP) is 4.94. The average Bonchev–Trinajstić information content (AvgIpc) is 2.79. The van der Waals surface area contributed by atoms with Crippen LogP contribution < -0.4 is 14.3 Å². The normalized spacial score (nSPS) is 11.7. The largest absolute Gasteiger partial charge is 0.326 e. The first-order chi connectivity index (χ1) is 16.9. The molecular formula is C25H28ClN3O5S2. The standard InChI is InChI=1S/C25H28ClN3O5S2/c1-18-7-4-5-8-23(18)28-36(33,34)22-14-12-21(13-15-22)27-25(30)9-6-16-29(35(3,31)32)24-17-20(26)11-10-19(24)2/h4-5,7-8,10-15,17,28H,6,9,16H2,1-3H3,(H,27,30). The molecule has 8 nitrogen and oxygen atoms in total. The summed E-state index contributed by atoms with van der Waals surface area (Å²) < 4.78 is 53.8. The third kappa shape index (κ3) is 7.22. The molecule has 0 atom stereocenters. The van der Waals surface area contributed by atoms with Crippen molar-refractivity contribution in [2.24, 2.45) is 0 Å². The maximum absolute atomic E-state index is 12.7. The van der Waals surface area contributed by atoms with E-state index >= 15 is 0 Å². The summed E-state index contributed by atoms with van der Waals surface area (Å²) in [5.41, 5.74) is 2.94. The number of para-hydroxylation sites is 1. The van der Waals surface area contributed by atoms with Gasteiger partial charge in [0.25, 0.3) is 10.0 Å². The molecule has 0 bridgehead atoms. The van der Waals surface area contributed by atoms with Gasteiger partial charge < -0.3 is 5.32 Å². The third-order valence-electron chi connectivity index (χ3n) is 5.44. The molecule has 0 aliphatic carbocycles. The first-order valence-corrected chi connectivity index (χ1v) is 14.8. The van der Waals surface area contributed by atoms with Crippen molar-refractivity contribution in [2.75, 3.05) is 27.1 Å². The molecule has 3 aromatic rings. The van der Waals surface area contributed by atoms with Gasteiger partial charge in [-0.15, -0.1) is 0 Å². The topological polar surface area (TPSA) is 113 Å². The van der Waals surface area contributed by atoms with E-state index in [2.05, 4.69) is 10.0 Å². The smallest absolute Gasteiger partial charge is 0.261 e. The number of hydrogen-bond acceptors (Lipinski definition) is 5. The SMILES string of the molecule is Cc1ccccc1NS(=O)(=O)c1ccc(NC(=O)CCCN(c2cc(Cl)ccc2C)S(C)(=O)=O)cc1. The average molecular weight is 550 g/mol. The fraction of sp³-hybridized carbons (Fsp3) is 0.240. The highest BCUT2D eigenvalue weighted by Gasteiger charge is 2.20. The lowest BCUT2D eigenvalue weighted by atomic mass is 10.2. The Bertz CT molecular complexity index is 1460. The Morgan fingerprint density at radius 2 is 1.58 bits per heavy atom. The highest BCUT2D eigenvalue weighted by Crippen LogP contribution is 2.27. The van der Waals surface area contributed by atoms with Crippen LogP contribution >= 0.6 is 11.6 Å². The fourth-order valence-electron chi connectivity index (χ4n) is 3.53. The zero-order valence-corrected chi connectivity index (χ0v) is 22.5. The maximum Gasteiger partial charge on any atom is 0.261 e. The molecule has 0 heterocycles. The minimum atomic E-state index is -3.79. The van der Waals surface area contributed by atoms with E-state index in [-0.39, 0.29) is 30.2 Å². The van der Waals surface area contributed by atoms with E-state index in [1.807, 2.05) is 19.1 Å². The van der Waals surface area contributed by atoms with Crippen LogP contribution in [0, 0.1) is 13.8 Å². The molecule has 0 spiro atoms. The quantitative estimate of drug-likeness (QED) is 0.372. The Labute approximate surface area is 217 Å². The number of halogens is 1. The fourth-order valence-corrected chi connectivity index (χ4v) is 5.84. The van der Waals surface area contributed by atoms with Gasteiger partial charge in [-0.3, -0.25) is 13.8 Å². The first-order valence-electron chi connectivity index (χ1n) is 11.1. The van der Waals surface area contributed by atoms with Gasteiger partial charge >= 0.3 is 0 Å². The summed E-state index contributed by atoms with van der Waals surface area (Å²) in [6.07, 6.45) is 1.45. The van der Waals surface area contributed by atoms with E-state index in [1.165, 1.54) is 28.6 Å². The van der Waals surface area contributed by atoms with E-state index < -0.39 is 20.0 Å². The number of anilines is 3. The Balaban J connectivity index is 1.60. The van der Waals surface area contributed by atoms with E-state index in [0.29, 0.717) is 22.1 Å². The van der Waals surface area contributed by atoms with Crippen molar-refractivity contribution < 1.29 is 21.6 Å². The number of rotatable bonds is 10. The van der Waals surface area contributed by atoms with Gasteiger partial charge in [-0.2, -0.15) is 0 Å². The second-order valence-corrected chi connectivity index (χ2v) is 12.4. The molecule has 0 aliphatic heterocycles. The molecule has 192 valence electrons. The summed E-state index contributed by atoms with van der Waals surface area (Å²) in [6, 6.07) is 17.9. The van der Waals surface area contributed by atoms with Crippen molar-refractivity contribution in [1.29, 1.82) is 0 Å².